The van der Waals surface area contributed by atoms with Crippen LogP contribution in [0.2, 0.25) is 0 Å². The monoisotopic (exact) mass is 1460 g/mol. The fourth-order valence-corrected chi connectivity index (χ4v) is 11.3. The number of hydrogen-bond donors (Lipinski definition) is 6. The number of nitrogens with zero attached hydrogens (tertiary/aromatic N) is 6. The molecule has 0 saturated carbocycles. The highest BCUT2D eigenvalue weighted by Crippen LogP contribution is 2.31. The maximum atomic E-state index is 13.2. The van der Waals surface area contributed by atoms with Crippen LogP contribution in [-0.2, 0) is 57.3 Å². The largest absolute Gasteiger partial charge is 0.480 e. The summed E-state index contributed by atoms with van der Waals surface area (Å²) in [6.45, 7) is 23.9. The van der Waals surface area contributed by atoms with Crippen molar-refractivity contribution in [2.45, 2.75) is 171 Å². The van der Waals surface area contributed by atoms with Crippen molar-refractivity contribution in [1.82, 2.24) is 41.5 Å². The number of hydrazine groups is 2. The van der Waals surface area contributed by atoms with Gasteiger partial charge in [0.2, 0.25) is 0 Å². The van der Waals surface area contributed by atoms with Gasteiger partial charge in [0.05, 0.1) is 49.2 Å². The second-order valence-electron chi connectivity index (χ2n) is 27.9. The van der Waals surface area contributed by atoms with Crippen molar-refractivity contribution >= 4 is 105 Å². The number of cyclic esters (lactones) is 2. The van der Waals surface area contributed by atoms with Crippen molar-refractivity contribution in [1.29, 1.82) is 0 Å². The Kier molecular flexibility index (Phi) is 27.5. The fourth-order valence-electron chi connectivity index (χ4n) is 11.3. The van der Waals surface area contributed by atoms with Crippen molar-refractivity contribution in [3.63, 3.8) is 0 Å². The van der Waals surface area contributed by atoms with Crippen LogP contribution >= 0.6 is 0 Å². The van der Waals surface area contributed by atoms with E-state index in [-0.39, 0.29) is 34.1 Å². The van der Waals surface area contributed by atoms with Gasteiger partial charge in [-0.05, 0) is 153 Å². The van der Waals surface area contributed by atoms with Gasteiger partial charge in [-0.1, -0.05) is 113 Å². The zero-order chi connectivity index (χ0) is 78.4. The minimum Gasteiger partial charge on any atom is -0.480 e. The molecule has 3 aliphatic heterocycles. The van der Waals surface area contributed by atoms with Gasteiger partial charge in [0, 0.05) is 36.0 Å². The van der Waals surface area contributed by atoms with Crippen LogP contribution in [0.15, 0.2) is 109 Å². The third-order valence-electron chi connectivity index (χ3n) is 17.7. The van der Waals surface area contributed by atoms with Crippen LogP contribution in [0.1, 0.15) is 175 Å². The molecule has 4 aromatic carbocycles. The van der Waals surface area contributed by atoms with E-state index in [1.165, 1.54) is 55.1 Å². The Labute approximate surface area is 611 Å². The number of pyridine rings is 2. The molecule has 6 aromatic rings. The molecule has 0 aliphatic carbocycles. The number of hydrogen-bond acceptors (Lipinski definition) is 23. The lowest BCUT2D eigenvalue weighted by Gasteiger charge is -2.35. The molecule has 3 aliphatic rings. The number of fused-ring (bicyclic) bond motifs is 5. The van der Waals surface area contributed by atoms with Crippen LogP contribution in [0.4, 0.5) is 11.4 Å². The number of aryl methyl sites for hydroxylation is 2. The van der Waals surface area contributed by atoms with Gasteiger partial charge in [-0.15, -0.1) is 0 Å². The lowest BCUT2D eigenvalue weighted by molar-refractivity contribution is -0.385. The molecule has 2 saturated heterocycles. The molecule has 9 rings (SSSR count). The van der Waals surface area contributed by atoms with Gasteiger partial charge in [0.25, 0.3) is 35.0 Å². The average Bonchev–Trinajstić information content (AvgIpc) is 0.848. The highest BCUT2D eigenvalue weighted by atomic mass is 16.6. The highest BCUT2D eigenvalue weighted by Gasteiger charge is 2.40. The number of aromatic nitrogens is 2. The standard InChI is InChI=1S/C30H40N4O7.C30H38N4O6.C16H12N2O7/c1-17(2)25(26(36)31-18(3)27(37)34-15-7-8-23(33-34)28(38)39)41-29(40)30(5,6)14-13-20-9-10-21-11-12-22(19(4)35)32-24(21)16-20;1-17(2)25-26(35)31-18(3)27(36)34-15-7-8-23(33-34)28(37)39-19(4)22-12-11-21-10-9-20(16-24(21)32-22)13-14-30(5,6)29(38)40-25;1-9-5-3-7-11(17(21)22)13(9)15(19)25-16(20)14-10(2)6-4-8-12(14)18(23)24/h9-14,16-19,23,25,33,35H,7-8,15H2,1-6H3,(H,31,36)(H,38,39);9-14,16-19,23,25,33H,7-8,15H2,1-6H3,(H,31,35);3-8H,1-2H3/b2*14-13+;/t2*18-,19+,23-,25-;/m00./s1. The number of nitro groups is 2. The zero-order valence-electron chi connectivity index (χ0n) is 61.5. The summed E-state index contributed by atoms with van der Waals surface area (Å²) >= 11 is 0. The molecule has 5 bridgehead atoms. The molecular weight excluding hydrogens is 1370 g/mol. The van der Waals surface area contributed by atoms with Gasteiger partial charge in [0.1, 0.15) is 41.4 Å². The lowest BCUT2D eigenvalue weighted by atomic mass is 9.92. The molecule has 5 heterocycles. The molecule has 0 spiro atoms. The van der Waals surface area contributed by atoms with E-state index in [1.54, 1.807) is 100 Å². The Hall–Kier alpha value is -11.2. The quantitative estimate of drug-likeness (QED) is 0.0183. The van der Waals surface area contributed by atoms with Gasteiger partial charge >= 0.3 is 35.8 Å². The van der Waals surface area contributed by atoms with Crippen LogP contribution in [-0.4, -0.2) is 149 Å². The highest BCUT2D eigenvalue weighted by molar-refractivity contribution is 6.07. The molecule has 0 unspecified atom stereocenters. The van der Waals surface area contributed by atoms with E-state index in [1.807, 2.05) is 60.7 Å². The molecular formula is C76H90N10O20. The number of amides is 4. The minimum atomic E-state index is -1.24. The number of carboxylic acid groups (broad SMARTS) is 1. The summed E-state index contributed by atoms with van der Waals surface area (Å²) in [7, 11) is 0. The maximum absolute atomic E-state index is 13.2. The first-order valence-electron chi connectivity index (χ1n) is 34.5. The van der Waals surface area contributed by atoms with Gasteiger partial charge < -0.3 is 39.8 Å². The van der Waals surface area contributed by atoms with E-state index in [9.17, 15) is 78.4 Å². The Bertz CT molecular complexity index is 4360. The number of nitro benzene ring substituents is 2. The van der Waals surface area contributed by atoms with E-state index in [4.69, 9.17) is 19.2 Å². The van der Waals surface area contributed by atoms with Crippen LogP contribution < -0.4 is 21.5 Å². The predicted molar refractivity (Wildman–Crippen MR) is 388 cm³/mol. The summed E-state index contributed by atoms with van der Waals surface area (Å²) in [5.74, 6) is -7.97. The second kappa shape index (κ2) is 35.5. The molecule has 30 heteroatoms. The van der Waals surface area contributed by atoms with Gasteiger partial charge in [-0.3, -0.25) is 73.6 Å². The summed E-state index contributed by atoms with van der Waals surface area (Å²) in [5, 5.41) is 50.9. The third kappa shape index (κ3) is 21.0. The predicted octanol–water partition coefficient (Wildman–Crippen LogP) is 9.56. The van der Waals surface area contributed by atoms with E-state index < -0.39 is 140 Å². The molecule has 2 fully saturated rings. The summed E-state index contributed by atoms with van der Waals surface area (Å²) in [6, 6.07) is 23.2. The van der Waals surface area contributed by atoms with E-state index in [0.717, 1.165) is 34.0 Å². The van der Waals surface area contributed by atoms with E-state index in [0.29, 0.717) is 61.2 Å². The topological polar surface area (TPSA) is 415 Å². The molecule has 564 valence electrons. The number of aliphatic hydroxyl groups is 1. The summed E-state index contributed by atoms with van der Waals surface area (Å²) in [5.41, 5.74) is 6.43. The number of rotatable bonds is 15. The van der Waals surface area contributed by atoms with Crippen molar-refractivity contribution < 1.29 is 87.0 Å². The number of nitrogens with one attached hydrogen (secondary N) is 4. The van der Waals surface area contributed by atoms with Gasteiger partial charge in [-0.25, -0.2) is 25.4 Å². The number of carbonyl (C=O) groups is 10. The van der Waals surface area contributed by atoms with Crippen molar-refractivity contribution in [3.05, 3.63) is 174 Å². The molecule has 30 nitrogen and oxygen atoms in total. The SMILES string of the molecule is CC(C)[C@@H]1OC(=O)C(C)(C)/C=C/c2ccc3ccc(nc3c2)[C@@H](C)OC(=O)[C@@H]2CCCN(N2)C(=O)[C@H](C)NC1=O.CC(C)[C@H](OC(=O)C(C)(C)/C=C/c1ccc2ccc([C@@H](C)O)nc2c1)C(=O)N[C@@H](C)C(=O)N1CCC[C@@H](C(=O)O)N1.Cc1cccc([N+](=O)[O-])c1C(=O)OC(=O)c1c(C)cccc1[N+](=O)[O-]. The number of esters is 5. The Morgan fingerprint density at radius 1 is 0.764 bits per heavy atom. The zero-order valence-corrected chi connectivity index (χ0v) is 61.5. The fraction of sp³-hybridized carbons (Fsp3) is 0.421. The summed E-state index contributed by atoms with van der Waals surface area (Å²) < 4.78 is 21.8. The van der Waals surface area contributed by atoms with Crippen molar-refractivity contribution in [3.8, 4) is 0 Å². The van der Waals surface area contributed by atoms with E-state index >= 15 is 0 Å². The molecule has 2 aromatic heterocycles. The maximum Gasteiger partial charge on any atom is 0.353 e. The molecule has 4 amide bonds. The van der Waals surface area contributed by atoms with Crippen LogP contribution in [0.25, 0.3) is 34.0 Å². The van der Waals surface area contributed by atoms with Crippen LogP contribution in [0, 0.1) is 56.7 Å². The first kappa shape index (κ1) is 82.1. The Balaban J connectivity index is 0.000000229. The summed E-state index contributed by atoms with van der Waals surface area (Å²) in [4.78, 5) is 157. The number of carboxylic acids is 1. The van der Waals surface area contributed by atoms with Crippen LogP contribution in [0.3, 0.4) is 0 Å². The average molecular weight is 1460 g/mol. The van der Waals surface area contributed by atoms with Crippen molar-refractivity contribution in [2.24, 2.45) is 22.7 Å². The number of aliphatic hydroxyl groups excluding tert-OH is 1. The minimum absolute atomic E-state index is 0.242. The number of carbonyl (C=O) groups excluding carboxylic acids is 9. The van der Waals surface area contributed by atoms with Crippen LogP contribution in [0.5, 0.6) is 0 Å². The van der Waals surface area contributed by atoms with Gasteiger partial charge in [0.15, 0.2) is 12.2 Å². The molecule has 0 radical (unpaired) electrons. The third-order valence-corrected chi connectivity index (χ3v) is 17.7. The number of ether oxygens (including phenoxy) is 4. The van der Waals surface area contributed by atoms with E-state index in [2.05, 4.69) is 31.2 Å². The Morgan fingerprint density at radius 2 is 1.35 bits per heavy atom. The second-order valence-corrected chi connectivity index (χ2v) is 27.9. The number of benzene rings is 4. The molecule has 8 atom stereocenters. The number of aliphatic carboxylic acids is 1. The first-order valence-corrected chi connectivity index (χ1v) is 34.5. The molecule has 106 heavy (non-hydrogen) atoms. The van der Waals surface area contributed by atoms with Crippen molar-refractivity contribution in [2.75, 3.05) is 13.1 Å². The lowest BCUT2D eigenvalue weighted by Crippen LogP contribution is -2.60. The van der Waals surface area contributed by atoms with Gasteiger partial charge in [-0.2, -0.15) is 0 Å². The normalized spacial score (nSPS) is 19.7. The first-order chi connectivity index (χ1) is 49.8. The smallest absolute Gasteiger partial charge is 0.353 e. The molecule has 6 N–H and O–H groups in total. The Morgan fingerprint density at radius 3 is 1.93 bits per heavy atom. The summed E-state index contributed by atoms with van der Waals surface area (Å²) in [6.07, 6.45) is 5.47.